The van der Waals surface area contributed by atoms with Crippen LogP contribution in [0.25, 0.3) is 0 Å². The lowest BCUT2D eigenvalue weighted by Crippen LogP contribution is -2.45. The Kier molecular flexibility index (Phi) is 52.9. The maximum Gasteiger partial charge on any atom is 0.472 e. The van der Waals surface area contributed by atoms with E-state index in [9.17, 15) is 19.4 Å². The molecular weight excluding hydrogens is 948 g/mol. The van der Waals surface area contributed by atoms with Gasteiger partial charge in [-0.1, -0.05) is 250 Å². The first-order valence-corrected chi connectivity index (χ1v) is 31.6. The molecule has 9 heteroatoms. The number of carbonyl (C=O) groups excluding carboxylic acids is 1. The number of aliphatic hydroxyl groups excluding tert-OH is 1. The fraction of sp³-hybridized carbons (Fsp3) is 0.652. The minimum absolute atomic E-state index is 0.0485. The summed E-state index contributed by atoms with van der Waals surface area (Å²) in [6.45, 7) is 4.66. The first-order chi connectivity index (χ1) is 36.5. The van der Waals surface area contributed by atoms with E-state index in [0.717, 1.165) is 103 Å². The van der Waals surface area contributed by atoms with Crippen LogP contribution in [0.15, 0.2) is 134 Å². The zero-order chi connectivity index (χ0) is 54.9. The molecule has 0 aliphatic carbocycles. The number of carbonyl (C=O) groups is 1. The number of hydrogen-bond acceptors (Lipinski definition) is 5. The first-order valence-electron chi connectivity index (χ1n) is 30.1. The minimum atomic E-state index is -4.36. The van der Waals surface area contributed by atoms with Crippen LogP contribution in [0.1, 0.15) is 226 Å². The van der Waals surface area contributed by atoms with Crippen molar-refractivity contribution in [3.63, 3.8) is 0 Å². The van der Waals surface area contributed by atoms with Crippen molar-refractivity contribution in [2.24, 2.45) is 0 Å². The van der Waals surface area contributed by atoms with Crippen LogP contribution in [0.2, 0.25) is 0 Å². The molecule has 0 heterocycles. The van der Waals surface area contributed by atoms with Crippen molar-refractivity contribution in [3.8, 4) is 0 Å². The molecule has 3 unspecified atom stereocenters. The highest BCUT2D eigenvalue weighted by atomic mass is 31.2. The van der Waals surface area contributed by atoms with Crippen LogP contribution in [0, 0.1) is 0 Å². The van der Waals surface area contributed by atoms with Gasteiger partial charge in [0.15, 0.2) is 0 Å². The third kappa shape index (κ3) is 58.2. The molecule has 0 saturated carbocycles. The molecule has 3 N–H and O–H groups in total. The molecule has 428 valence electrons. The zero-order valence-corrected chi connectivity index (χ0v) is 49.6. The fourth-order valence-corrected chi connectivity index (χ4v) is 8.67. The van der Waals surface area contributed by atoms with E-state index >= 15 is 0 Å². The van der Waals surface area contributed by atoms with Crippen LogP contribution in [0.4, 0.5) is 0 Å². The first kappa shape index (κ1) is 71.6. The second-order valence-electron chi connectivity index (χ2n) is 21.0. The van der Waals surface area contributed by atoms with Crippen LogP contribution in [0.3, 0.4) is 0 Å². The number of rotatable bonds is 53. The van der Waals surface area contributed by atoms with Gasteiger partial charge in [-0.25, -0.2) is 4.57 Å². The van der Waals surface area contributed by atoms with Crippen molar-refractivity contribution in [3.05, 3.63) is 134 Å². The molecule has 0 saturated heterocycles. The van der Waals surface area contributed by atoms with Gasteiger partial charge in [0.25, 0.3) is 0 Å². The third-order valence-corrected chi connectivity index (χ3v) is 13.6. The number of hydrogen-bond donors (Lipinski definition) is 3. The lowest BCUT2D eigenvalue weighted by Gasteiger charge is -2.25. The van der Waals surface area contributed by atoms with Crippen molar-refractivity contribution in [1.29, 1.82) is 0 Å². The topological polar surface area (TPSA) is 105 Å². The number of nitrogens with zero attached hydrogens (tertiary/aromatic N) is 1. The quantitative estimate of drug-likeness (QED) is 0.0243. The summed E-state index contributed by atoms with van der Waals surface area (Å²) in [5.74, 6) is -0.199. The maximum atomic E-state index is 13.0. The Balaban J connectivity index is 4.19. The summed E-state index contributed by atoms with van der Waals surface area (Å²) in [7, 11) is 1.53. The molecule has 0 radical (unpaired) electrons. The Labute approximate surface area is 462 Å². The highest BCUT2D eigenvalue weighted by Gasteiger charge is 2.27. The van der Waals surface area contributed by atoms with Crippen molar-refractivity contribution >= 4 is 13.7 Å². The SMILES string of the molecule is CC/C=C\C/C=C\C/C=C\C/C=C\C/C=C\C/C=C\C/C=C\C/C=C\C/C=C\CCCCCCCCCCCC(=O)NC(COP(=O)(O)OCC[N+](C)(C)C)C(O)/C=C/CC/C=C/CCCCCCCCCCCC. The predicted octanol–water partition coefficient (Wildman–Crippen LogP) is 18.7. The van der Waals surface area contributed by atoms with Gasteiger partial charge in [-0.05, 0) is 103 Å². The lowest BCUT2D eigenvalue weighted by atomic mass is 10.1. The van der Waals surface area contributed by atoms with E-state index < -0.39 is 20.0 Å². The Morgan fingerprint density at radius 1 is 0.467 bits per heavy atom. The van der Waals surface area contributed by atoms with Gasteiger partial charge < -0.3 is 19.8 Å². The predicted molar refractivity (Wildman–Crippen MR) is 327 cm³/mol. The largest absolute Gasteiger partial charge is 0.472 e. The Morgan fingerprint density at radius 2 is 0.813 bits per heavy atom. The summed E-state index contributed by atoms with van der Waals surface area (Å²) in [5, 5.41) is 13.9. The molecule has 0 aromatic carbocycles. The van der Waals surface area contributed by atoms with E-state index in [4.69, 9.17) is 9.05 Å². The molecule has 75 heavy (non-hydrogen) atoms. The number of unbranched alkanes of at least 4 members (excludes halogenated alkanes) is 20. The summed E-state index contributed by atoms with van der Waals surface area (Å²) in [6.07, 6.45) is 84.2. The molecule has 0 spiro atoms. The number of phosphoric acid groups is 1. The maximum absolute atomic E-state index is 13.0. The molecular formula is C66H114N2O6P+. The van der Waals surface area contributed by atoms with Crippen LogP contribution in [-0.4, -0.2) is 73.4 Å². The average Bonchev–Trinajstić information content (AvgIpc) is 3.37. The number of allylic oxidation sites excluding steroid dienone is 21. The number of quaternary nitrogens is 1. The van der Waals surface area contributed by atoms with E-state index in [1.54, 1.807) is 6.08 Å². The molecule has 0 fully saturated rings. The Morgan fingerprint density at radius 3 is 1.23 bits per heavy atom. The smallest absolute Gasteiger partial charge is 0.387 e. The minimum Gasteiger partial charge on any atom is -0.387 e. The summed E-state index contributed by atoms with van der Waals surface area (Å²) in [6, 6.07) is -0.876. The van der Waals surface area contributed by atoms with E-state index in [1.807, 2.05) is 27.2 Å². The van der Waals surface area contributed by atoms with E-state index in [1.165, 1.54) is 103 Å². The second-order valence-corrected chi connectivity index (χ2v) is 22.4. The van der Waals surface area contributed by atoms with Crippen molar-refractivity contribution in [2.45, 2.75) is 238 Å². The van der Waals surface area contributed by atoms with Gasteiger partial charge in [-0.3, -0.25) is 13.8 Å². The molecule has 0 aromatic rings. The molecule has 1 amide bonds. The van der Waals surface area contributed by atoms with E-state index in [2.05, 4.69) is 141 Å². The standard InChI is InChI=1S/C66H113N2O6P/c1-6-8-10-12-14-16-18-20-22-24-25-26-27-28-29-30-31-32-33-34-35-36-37-38-39-40-41-42-43-44-46-48-50-52-54-56-58-60-66(70)67-64(63-74-75(71,72)73-62-61-68(3,4)5)65(69)59-57-55-53-51-49-47-45-23-21-19-17-15-13-11-9-7-2/h8,10,14,16,20,22,25-26,28-29,31-32,34-35,37-38,40-41,49,51,57,59,64-65,69H,6-7,9,11-13,15,17-19,21,23-24,27,30,33,36,39,42-48,50,52-56,58,60-63H2,1-5H3,(H-,67,70,71,72)/p+1/b10-8-,16-14-,22-20-,26-25-,29-28-,32-31-,35-34-,38-37-,41-40-,51-49+,59-57+. The molecule has 0 bridgehead atoms. The molecule has 8 nitrogen and oxygen atoms in total. The molecule has 0 aliphatic rings. The second kappa shape index (κ2) is 55.4. The van der Waals surface area contributed by atoms with Crippen LogP contribution < -0.4 is 5.32 Å². The molecule has 3 atom stereocenters. The number of aliphatic hydroxyl groups is 1. The average molecular weight is 1060 g/mol. The highest BCUT2D eigenvalue weighted by molar-refractivity contribution is 7.47. The van der Waals surface area contributed by atoms with E-state index in [-0.39, 0.29) is 19.1 Å². The van der Waals surface area contributed by atoms with Gasteiger partial charge in [0.2, 0.25) is 5.91 Å². The van der Waals surface area contributed by atoms with Crippen molar-refractivity contribution in [2.75, 3.05) is 40.9 Å². The fourth-order valence-electron chi connectivity index (χ4n) is 7.93. The Bertz CT molecular complexity index is 1680. The molecule has 0 aromatic heterocycles. The summed E-state index contributed by atoms with van der Waals surface area (Å²) in [5.41, 5.74) is 0. The summed E-state index contributed by atoms with van der Waals surface area (Å²) in [4.78, 5) is 23.3. The molecule has 0 rings (SSSR count). The normalized spacial score (nSPS) is 14.8. The van der Waals surface area contributed by atoms with Gasteiger partial charge in [0, 0.05) is 6.42 Å². The third-order valence-electron chi connectivity index (χ3n) is 12.6. The van der Waals surface area contributed by atoms with Crippen molar-refractivity contribution in [1.82, 2.24) is 5.32 Å². The number of likely N-dealkylation sites (N-methyl/N-ethyl adjacent to an activating group) is 1. The lowest BCUT2D eigenvalue weighted by molar-refractivity contribution is -0.870. The van der Waals surface area contributed by atoms with Crippen LogP contribution in [-0.2, 0) is 18.4 Å². The highest BCUT2D eigenvalue weighted by Crippen LogP contribution is 2.43. The van der Waals surface area contributed by atoms with Gasteiger partial charge in [-0.2, -0.15) is 0 Å². The van der Waals surface area contributed by atoms with Gasteiger partial charge >= 0.3 is 7.82 Å². The van der Waals surface area contributed by atoms with E-state index in [0.29, 0.717) is 17.4 Å². The van der Waals surface area contributed by atoms with Crippen molar-refractivity contribution < 1.29 is 32.9 Å². The Hall–Kier alpha value is -3.36. The van der Waals surface area contributed by atoms with Gasteiger partial charge in [0.1, 0.15) is 13.2 Å². The van der Waals surface area contributed by atoms with Gasteiger partial charge in [-0.15, -0.1) is 0 Å². The number of amides is 1. The summed E-state index contributed by atoms with van der Waals surface area (Å²) >= 11 is 0. The van der Waals surface area contributed by atoms with Crippen LogP contribution >= 0.6 is 7.82 Å². The summed E-state index contributed by atoms with van der Waals surface area (Å²) < 4.78 is 23.7. The van der Waals surface area contributed by atoms with Gasteiger partial charge in [0.05, 0.1) is 39.9 Å². The molecule has 0 aliphatic heterocycles. The number of phosphoric ester groups is 1. The number of nitrogens with one attached hydrogen (secondary N) is 1. The monoisotopic (exact) mass is 1060 g/mol. The van der Waals surface area contributed by atoms with Crippen LogP contribution in [0.5, 0.6) is 0 Å². The zero-order valence-electron chi connectivity index (χ0n) is 48.7.